The number of carbonyl (C=O) groups excluding carboxylic acids is 1. The summed E-state index contributed by atoms with van der Waals surface area (Å²) in [5.41, 5.74) is 0.931. The SMILES string of the molecule is CCOC(=O)N1CCC(Nc2cc(Nc3ccc(OCC)cc3)nc(C)n2)CC1. The summed E-state index contributed by atoms with van der Waals surface area (Å²) in [7, 11) is 0. The Hall–Kier alpha value is -3.03. The quantitative estimate of drug-likeness (QED) is 0.728. The molecule has 0 aliphatic carbocycles. The largest absolute Gasteiger partial charge is 0.494 e. The molecule has 2 heterocycles. The summed E-state index contributed by atoms with van der Waals surface area (Å²) >= 11 is 0. The van der Waals surface area contributed by atoms with Crippen molar-refractivity contribution in [3.05, 3.63) is 36.2 Å². The third kappa shape index (κ3) is 5.97. The van der Waals surface area contributed by atoms with Gasteiger partial charge in [0.05, 0.1) is 13.2 Å². The maximum Gasteiger partial charge on any atom is 0.409 e. The number of hydrogen-bond donors (Lipinski definition) is 2. The van der Waals surface area contributed by atoms with E-state index < -0.39 is 0 Å². The number of hydrogen-bond acceptors (Lipinski definition) is 7. The van der Waals surface area contributed by atoms with Gasteiger partial charge < -0.3 is 25.0 Å². The van der Waals surface area contributed by atoms with E-state index in [0.717, 1.165) is 35.9 Å². The average molecular weight is 399 g/mol. The topological polar surface area (TPSA) is 88.6 Å². The van der Waals surface area contributed by atoms with E-state index in [-0.39, 0.29) is 12.1 Å². The highest BCUT2D eigenvalue weighted by Crippen LogP contribution is 2.22. The first-order valence-electron chi connectivity index (χ1n) is 10.1. The molecule has 8 heteroatoms. The zero-order valence-corrected chi connectivity index (χ0v) is 17.3. The van der Waals surface area contributed by atoms with E-state index in [1.807, 2.05) is 51.1 Å². The fourth-order valence-corrected chi connectivity index (χ4v) is 3.29. The minimum absolute atomic E-state index is 0.231. The van der Waals surface area contributed by atoms with E-state index in [1.54, 1.807) is 4.90 Å². The standard InChI is InChI=1S/C21H29N5O3/c1-4-28-18-8-6-16(7-9-18)24-19-14-20(23-15(3)22-19)25-17-10-12-26(13-11-17)21(27)29-5-2/h6-9,14,17H,4-5,10-13H2,1-3H3,(H2,22,23,24,25). The molecule has 156 valence electrons. The fourth-order valence-electron chi connectivity index (χ4n) is 3.29. The number of amides is 1. The van der Waals surface area contributed by atoms with Crippen molar-refractivity contribution in [3.8, 4) is 5.75 Å². The van der Waals surface area contributed by atoms with Gasteiger partial charge >= 0.3 is 6.09 Å². The molecule has 0 unspecified atom stereocenters. The van der Waals surface area contributed by atoms with E-state index in [0.29, 0.717) is 32.1 Å². The molecule has 8 nitrogen and oxygen atoms in total. The Bertz CT molecular complexity index is 804. The summed E-state index contributed by atoms with van der Waals surface area (Å²) in [5.74, 6) is 3.04. The van der Waals surface area contributed by atoms with Crippen LogP contribution in [0, 0.1) is 6.92 Å². The van der Waals surface area contributed by atoms with Crippen molar-refractivity contribution >= 4 is 23.4 Å². The summed E-state index contributed by atoms with van der Waals surface area (Å²) in [4.78, 5) is 22.6. The molecular formula is C21H29N5O3. The number of likely N-dealkylation sites (tertiary alicyclic amines) is 1. The zero-order valence-electron chi connectivity index (χ0n) is 17.3. The Morgan fingerprint density at radius 1 is 1.10 bits per heavy atom. The van der Waals surface area contributed by atoms with Crippen LogP contribution in [0.5, 0.6) is 5.75 Å². The molecule has 3 rings (SSSR count). The minimum Gasteiger partial charge on any atom is -0.494 e. The van der Waals surface area contributed by atoms with Crippen LogP contribution in [-0.4, -0.2) is 53.3 Å². The molecule has 2 N–H and O–H groups in total. The lowest BCUT2D eigenvalue weighted by Crippen LogP contribution is -2.42. The van der Waals surface area contributed by atoms with Crippen LogP contribution in [0.1, 0.15) is 32.5 Å². The van der Waals surface area contributed by atoms with Gasteiger partial charge in [-0.2, -0.15) is 0 Å². The fraction of sp³-hybridized carbons (Fsp3) is 0.476. The number of carbonyl (C=O) groups is 1. The van der Waals surface area contributed by atoms with Gasteiger partial charge in [0, 0.05) is 30.9 Å². The van der Waals surface area contributed by atoms with Crippen molar-refractivity contribution in [2.45, 2.75) is 39.7 Å². The third-order valence-corrected chi connectivity index (χ3v) is 4.65. The molecule has 29 heavy (non-hydrogen) atoms. The number of rotatable bonds is 7. The summed E-state index contributed by atoms with van der Waals surface area (Å²) < 4.78 is 10.5. The van der Waals surface area contributed by atoms with Gasteiger partial charge in [-0.05, 0) is 57.9 Å². The summed E-state index contributed by atoms with van der Waals surface area (Å²) in [6.07, 6.45) is 1.47. The van der Waals surface area contributed by atoms with Crippen LogP contribution in [0.2, 0.25) is 0 Å². The number of ether oxygens (including phenoxy) is 2. The molecule has 1 saturated heterocycles. The van der Waals surface area contributed by atoms with Crippen molar-refractivity contribution in [1.82, 2.24) is 14.9 Å². The second-order valence-corrected chi connectivity index (χ2v) is 6.87. The highest BCUT2D eigenvalue weighted by Gasteiger charge is 2.23. The molecule has 1 aliphatic heterocycles. The summed E-state index contributed by atoms with van der Waals surface area (Å²) in [5, 5.41) is 6.79. The van der Waals surface area contributed by atoms with Crippen molar-refractivity contribution < 1.29 is 14.3 Å². The Kier molecular flexibility index (Phi) is 7.10. The van der Waals surface area contributed by atoms with Gasteiger partial charge in [-0.25, -0.2) is 14.8 Å². The van der Waals surface area contributed by atoms with E-state index in [2.05, 4.69) is 20.6 Å². The first-order chi connectivity index (χ1) is 14.1. The van der Waals surface area contributed by atoms with Crippen LogP contribution in [0.3, 0.4) is 0 Å². The maximum absolute atomic E-state index is 11.8. The normalized spacial score (nSPS) is 14.4. The molecular weight excluding hydrogens is 370 g/mol. The van der Waals surface area contributed by atoms with Crippen molar-refractivity contribution in [1.29, 1.82) is 0 Å². The number of aryl methyl sites for hydroxylation is 1. The maximum atomic E-state index is 11.8. The molecule has 1 aromatic carbocycles. The van der Waals surface area contributed by atoms with Crippen LogP contribution in [0.15, 0.2) is 30.3 Å². The van der Waals surface area contributed by atoms with Crippen molar-refractivity contribution in [2.24, 2.45) is 0 Å². The lowest BCUT2D eigenvalue weighted by Gasteiger charge is -2.31. The lowest BCUT2D eigenvalue weighted by molar-refractivity contribution is 0.0983. The van der Waals surface area contributed by atoms with E-state index in [4.69, 9.17) is 9.47 Å². The molecule has 0 spiro atoms. The van der Waals surface area contributed by atoms with Gasteiger partial charge in [0.2, 0.25) is 0 Å². The monoisotopic (exact) mass is 399 g/mol. The smallest absolute Gasteiger partial charge is 0.409 e. The molecule has 1 aliphatic rings. The van der Waals surface area contributed by atoms with Crippen LogP contribution < -0.4 is 15.4 Å². The van der Waals surface area contributed by atoms with E-state index >= 15 is 0 Å². The number of piperidine rings is 1. The number of anilines is 3. The molecule has 1 amide bonds. The van der Waals surface area contributed by atoms with Gasteiger partial charge in [0.25, 0.3) is 0 Å². The van der Waals surface area contributed by atoms with Gasteiger partial charge in [-0.3, -0.25) is 0 Å². The van der Waals surface area contributed by atoms with Crippen molar-refractivity contribution in [3.63, 3.8) is 0 Å². The summed E-state index contributed by atoms with van der Waals surface area (Å²) in [6.45, 7) is 8.06. The van der Waals surface area contributed by atoms with Gasteiger partial charge in [-0.1, -0.05) is 0 Å². The highest BCUT2D eigenvalue weighted by molar-refractivity contribution is 5.67. The molecule has 2 aromatic rings. The molecule has 0 saturated carbocycles. The number of nitrogens with one attached hydrogen (secondary N) is 2. The van der Waals surface area contributed by atoms with Gasteiger partial charge in [-0.15, -0.1) is 0 Å². The molecule has 1 fully saturated rings. The molecule has 0 atom stereocenters. The third-order valence-electron chi connectivity index (χ3n) is 4.65. The summed E-state index contributed by atoms with van der Waals surface area (Å²) in [6, 6.07) is 9.93. The molecule has 1 aromatic heterocycles. The Labute approximate surface area is 171 Å². The van der Waals surface area contributed by atoms with Crippen molar-refractivity contribution in [2.75, 3.05) is 36.9 Å². The Morgan fingerprint density at radius 2 is 1.79 bits per heavy atom. The van der Waals surface area contributed by atoms with Crippen LogP contribution >= 0.6 is 0 Å². The van der Waals surface area contributed by atoms with Crippen LogP contribution in [0.25, 0.3) is 0 Å². The van der Waals surface area contributed by atoms with E-state index in [1.165, 1.54) is 0 Å². The first kappa shape index (κ1) is 20.7. The molecule has 0 radical (unpaired) electrons. The minimum atomic E-state index is -0.231. The molecule has 0 bridgehead atoms. The second kappa shape index (κ2) is 9.95. The average Bonchev–Trinajstić information content (AvgIpc) is 2.70. The predicted molar refractivity (Wildman–Crippen MR) is 113 cm³/mol. The Balaban J connectivity index is 1.58. The zero-order chi connectivity index (χ0) is 20.6. The second-order valence-electron chi connectivity index (χ2n) is 6.87. The Morgan fingerprint density at radius 3 is 2.45 bits per heavy atom. The van der Waals surface area contributed by atoms with Crippen LogP contribution in [0.4, 0.5) is 22.1 Å². The number of nitrogens with zero attached hydrogens (tertiary/aromatic N) is 3. The highest BCUT2D eigenvalue weighted by atomic mass is 16.6. The number of aromatic nitrogens is 2. The van der Waals surface area contributed by atoms with Gasteiger partial charge in [0.1, 0.15) is 23.2 Å². The first-order valence-corrected chi connectivity index (χ1v) is 10.1. The van der Waals surface area contributed by atoms with Gasteiger partial charge in [0.15, 0.2) is 0 Å². The predicted octanol–water partition coefficient (Wildman–Crippen LogP) is 3.96. The number of benzene rings is 1. The van der Waals surface area contributed by atoms with E-state index in [9.17, 15) is 4.79 Å². The lowest BCUT2D eigenvalue weighted by atomic mass is 10.1. The van der Waals surface area contributed by atoms with Crippen LogP contribution in [-0.2, 0) is 4.74 Å².